The average molecular weight is 279 g/mol. The fourth-order valence-corrected chi connectivity index (χ4v) is 1.59. The first-order chi connectivity index (χ1) is 5.25. The van der Waals surface area contributed by atoms with Crippen molar-refractivity contribution in [3.63, 3.8) is 0 Å². The lowest BCUT2D eigenvalue weighted by Gasteiger charge is -1.86. The molecule has 0 unspecified atom stereocenters. The van der Waals surface area contributed by atoms with E-state index in [0.717, 1.165) is 14.7 Å². The van der Waals surface area contributed by atoms with Gasteiger partial charge in [-0.05, 0) is 40.3 Å². The van der Waals surface area contributed by atoms with Crippen LogP contribution in [-0.4, -0.2) is 15.0 Å². The molecule has 0 atom stereocenters. The van der Waals surface area contributed by atoms with Gasteiger partial charge in [-0.1, -0.05) is 0 Å². The predicted molar refractivity (Wildman–Crippen MR) is 51.6 cm³/mol. The molecule has 0 aliphatic heterocycles. The van der Waals surface area contributed by atoms with Crippen LogP contribution in [0, 0.1) is 3.70 Å². The molecule has 56 valence electrons. The third kappa shape index (κ3) is 1.32. The predicted octanol–water partition coefficient (Wildman–Crippen LogP) is 2.22. The van der Waals surface area contributed by atoms with Gasteiger partial charge in [-0.15, -0.1) is 0 Å². The maximum Gasteiger partial charge on any atom is 0.224 e. The molecule has 0 radical (unpaired) electrons. The van der Waals surface area contributed by atoms with Gasteiger partial charge in [-0.3, -0.25) is 0 Å². The van der Waals surface area contributed by atoms with Crippen molar-refractivity contribution in [3.05, 3.63) is 21.2 Å². The Kier molecular flexibility index (Phi) is 1.72. The summed E-state index contributed by atoms with van der Waals surface area (Å²) in [6, 6.07) is 1.96. The van der Waals surface area contributed by atoms with Gasteiger partial charge in [0.15, 0.2) is 0 Å². The molecule has 3 nitrogen and oxygen atoms in total. The number of fused-ring (bicyclic) bond motifs is 1. The molecule has 0 aliphatic rings. The molecule has 0 spiro atoms. The number of hydrogen-bond acceptors (Lipinski definition) is 2. The summed E-state index contributed by atoms with van der Waals surface area (Å²) in [6.45, 7) is 0. The molecular weight excluding hydrogens is 276 g/mol. The summed E-state index contributed by atoms with van der Waals surface area (Å²) in [5.74, 6) is 0. The number of hydrogen-bond donors (Lipinski definition) is 1. The Bertz CT molecular complexity index is 398. The maximum atomic E-state index is 5.58. The quantitative estimate of drug-likeness (QED) is 0.593. The molecule has 2 heterocycles. The lowest BCUT2D eigenvalue weighted by atomic mass is 10.4. The van der Waals surface area contributed by atoms with Gasteiger partial charge in [0.05, 0.1) is 3.70 Å². The first-order valence-corrected chi connectivity index (χ1v) is 4.38. The number of halogens is 2. The van der Waals surface area contributed by atoms with Crippen LogP contribution < -0.4 is 0 Å². The lowest BCUT2D eigenvalue weighted by Crippen LogP contribution is -1.80. The average Bonchev–Trinajstić information content (AvgIpc) is 2.27. The second kappa shape index (κ2) is 2.60. The second-order valence-corrected chi connectivity index (χ2v) is 3.56. The summed E-state index contributed by atoms with van der Waals surface area (Å²) in [5.41, 5.74) is 0.786. The Balaban J connectivity index is 2.82. The van der Waals surface area contributed by atoms with Crippen LogP contribution >= 0.6 is 34.2 Å². The summed E-state index contributed by atoms with van der Waals surface area (Å²) in [4.78, 5) is 10.9. The number of nitrogens with one attached hydrogen (secondary N) is 1. The Hall–Kier alpha value is -0.360. The minimum atomic E-state index is 0.274. The van der Waals surface area contributed by atoms with E-state index in [4.69, 9.17) is 11.6 Å². The SMILES string of the molecule is Clc1ncc2cc(I)[nH]c2n1. The highest BCUT2D eigenvalue weighted by Gasteiger charge is 1.99. The Morgan fingerprint density at radius 2 is 2.36 bits per heavy atom. The normalized spacial score (nSPS) is 10.7. The van der Waals surface area contributed by atoms with Crippen LogP contribution in [-0.2, 0) is 0 Å². The zero-order chi connectivity index (χ0) is 7.84. The largest absolute Gasteiger partial charge is 0.335 e. The van der Waals surface area contributed by atoms with Crippen LogP contribution in [0.1, 0.15) is 0 Å². The second-order valence-electron chi connectivity index (χ2n) is 2.06. The van der Waals surface area contributed by atoms with E-state index in [1.54, 1.807) is 6.20 Å². The molecular formula is C6H3ClIN3. The van der Waals surface area contributed by atoms with Crippen molar-refractivity contribution < 1.29 is 0 Å². The third-order valence-corrected chi connectivity index (χ3v) is 2.07. The highest BCUT2D eigenvalue weighted by Crippen LogP contribution is 2.14. The first kappa shape index (κ1) is 7.30. The standard InChI is InChI=1S/C6H3ClIN3/c7-6-9-2-3-1-4(8)10-5(3)11-6/h1-2H,(H,9,10,11). The molecule has 0 saturated heterocycles. The van der Waals surface area contributed by atoms with Crippen molar-refractivity contribution in [2.24, 2.45) is 0 Å². The zero-order valence-electron chi connectivity index (χ0n) is 5.31. The molecule has 0 amide bonds. The van der Waals surface area contributed by atoms with Gasteiger partial charge in [-0.2, -0.15) is 4.98 Å². The van der Waals surface area contributed by atoms with Crippen molar-refractivity contribution >= 4 is 45.2 Å². The summed E-state index contributed by atoms with van der Waals surface area (Å²) in [5, 5.41) is 1.26. The van der Waals surface area contributed by atoms with E-state index in [9.17, 15) is 0 Å². The molecule has 1 N–H and O–H groups in total. The van der Waals surface area contributed by atoms with Crippen LogP contribution in [0.4, 0.5) is 0 Å². The summed E-state index contributed by atoms with van der Waals surface area (Å²) in [6.07, 6.45) is 1.70. The highest BCUT2D eigenvalue weighted by atomic mass is 127. The van der Waals surface area contributed by atoms with E-state index < -0.39 is 0 Å². The molecule has 2 aromatic heterocycles. The van der Waals surface area contributed by atoms with Gasteiger partial charge in [0, 0.05) is 11.6 Å². The van der Waals surface area contributed by atoms with Gasteiger partial charge < -0.3 is 4.98 Å². The fraction of sp³-hybridized carbons (Fsp3) is 0. The van der Waals surface area contributed by atoms with Crippen molar-refractivity contribution in [2.45, 2.75) is 0 Å². The van der Waals surface area contributed by atoms with Crippen molar-refractivity contribution in [1.82, 2.24) is 15.0 Å². The Morgan fingerprint density at radius 1 is 1.55 bits per heavy atom. The maximum absolute atomic E-state index is 5.58. The molecule has 2 aromatic rings. The molecule has 5 heteroatoms. The van der Waals surface area contributed by atoms with Crippen LogP contribution in [0.3, 0.4) is 0 Å². The van der Waals surface area contributed by atoms with E-state index in [0.29, 0.717) is 0 Å². The van der Waals surface area contributed by atoms with E-state index in [2.05, 4.69) is 37.5 Å². The highest BCUT2D eigenvalue weighted by molar-refractivity contribution is 14.1. The Labute approximate surface area is 81.3 Å². The third-order valence-electron chi connectivity index (χ3n) is 1.31. The summed E-state index contributed by atoms with van der Waals surface area (Å²) in [7, 11) is 0. The Morgan fingerprint density at radius 3 is 3.18 bits per heavy atom. The minimum absolute atomic E-state index is 0.274. The number of H-pyrrole nitrogens is 1. The number of nitrogens with zero attached hydrogens (tertiary/aromatic N) is 2. The molecule has 11 heavy (non-hydrogen) atoms. The van der Waals surface area contributed by atoms with Gasteiger partial charge in [0.2, 0.25) is 5.28 Å². The van der Waals surface area contributed by atoms with Crippen LogP contribution in [0.25, 0.3) is 11.0 Å². The summed E-state index contributed by atoms with van der Waals surface area (Å²) < 4.78 is 1.04. The van der Waals surface area contributed by atoms with E-state index in [1.165, 1.54) is 0 Å². The first-order valence-electron chi connectivity index (χ1n) is 2.92. The number of aromatic nitrogens is 3. The molecule has 0 saturated carbocycles. The van der Waals surface area contributed by atoms with Gasteiger partial charge in [-0.25, -0.2) is 4.98 Å². The van der Waals surface area contributed by atoms with E-state index in [1.807, 2.05) is 6.07 Å². The molecule has 0 fully saturated rings. The lowest BCUT2D eigenvalue weighted by molar-refractivity contribution is 1.20. The molecule has 2 rings (SSSR count). The molecule has 0 bridgehead atoms. The number of aromatic amines is 1. The smallest absolute Gasteiger partial charge is 0.224 e. The van der Waals surface area contributed by atoms with Crippen molar-refractivity contribution in [2.75, 3.05) is 0 Å². The van der Waals surface area contributed by atoms with Gasteiger partial charge in [0.25, 0.3) is 0 Å². The van der Waals surface area contributed by atoms with Gasteiger partial charge >= 0.3 is 0 Å². The van der Waals surface area contributed by atoms with Crippen molar-refractivity contribution in [1.29, 1.82) is 0 Å². The minimum Gasteiger partial charge on any atom is -0.335 e. The van der Waals surface area contributed by atoms with E-state index in [-0.39, 0.29) is 5.28 Å². The molecule has 0 aliphatic carbocycles. The molecule has 0 aromatic carbocycles. The van der Waals surface area contributed by atoms with Gasteiger partial charge in [0.1, 0.15) is 5.65 Å². The van der Waals surface area contributed by atoms with E-state index >= 15 is 0 Å². The zero-order valence-corrected chi connectivity index (χ0v) is 8.22. The summed E-state index contributed by atoms with van der Waals surface area (Å²) >= 11 is 7.76. The monoisotopic (exact) mass is 279 g/mol. The van der Waals surface area contributed by atoms with Crippen LogP contribution in [0.2, 0.25) is 5.28 Å². The van der Waals surface area contributed by atoms with Crippen LogP contribution in [0.15, 0.2) is 12.3 Å². The van der Waals surface area contributed by atoms with Crippen LogP contribution in [0.5, 0.6) is 0 Å². The number of rotatable bonds is 0. The topological polar surface area (TPSA) is 41.6 Å². The van der Waals surface area contributed by atoms with Crippen molar-refractivity contribution in [3.8, 4) is 0 Å². The fourth-order valence-electron chi connectivity index (χ4n) is 0.861.